The van der Waals surface area contributed by atoms with Gasteiger partial charge in [0, 0.05) is 0 Å². The van der Waals surface area contributed by atoms with Crippen LogP contribution in [0, 0.1) is 5.92 Å². The predicted octanol–water partition coefficient (Wildman–Crippen LogP) is 4.13. The molecule has 0 amide bonds. The van der Waals surface area contributed by atoms with E-state index in [2.05, 4.69) is 20.4 Å². The molecule has 0 saturated heterocycles. The van der Waals surface area contributed by atoms with Crippen LogP contribution in [0.2, 0.25) is 0 Å². The lowest BCUT2D eigenvalue weighted by Gasteiger charge is -2.03. The minimum absolute atomic E-state index is 0.743. The lowest BCUT2D eigenvalue weighted by molar-refractivity contribution is -0.105. The SMILES string of the molecule is C=C(C=O)CCCCCCCC(C)C. The van der Waals surface area contributed by atoms with Crippen LogP contribution in [0.4, 0.5) is 0 Å². The Bertz CT molecular complexity index is 159. The Morgan fingerprint density at radius 3 is 2.29 bits per heavy atom. The highest BCUT2D eigenvalue weighted by Gasteiger charge is 1.95. The first kappa shape index (κ1) is 13.4. The predicted molar refractivity (Wildman–Crippen MR) is 62.4 cm³/mol. The molecule has 1 heteroatoms. The topological polar surface area (TPSA) is 17.1 Å². The molecule has 0 saturated carbocycles. The van der Waals surface area contributed by atoms with Gasteiger partial charge < -0.3 is 0 Å². The molecule has 0 aliphatic rings. The van der Waals surface area contributed by atoms with Gasteiger partial charge in [-0.1, -0.05) is 52.5 Å². The third kappa shape index (κ3) is 9.50. The van der Waals surface area contributed by atoms with Gasteiger partial charge in [0.05, 0.1) is 0 Å². The van der Waals surface area contributed by atoms with E-state index in [1.165, 1.54) is 32.1 Å². The maximum atomic E-state index is 10.2. The van der Waals surface area contributed by atoms with Gasteiger partial charge in [0.15, 0.2) is 0 Å². The second kappa shape index (κ2) is 8.98. The van der Waals surface area contributed by atoms with Crippen LogP contribution in [0.15, 0.2) is 12.2 Å². The van der Waals surface area contributed by atoms with Crippen LogP contribution in [0.1, 0.15) is 58.8 Å². The number of carbonyl (C=O) groups is 1. The Balaban J connectivity index is 3.06. The highest BCUT2D eigenvalue weighted by atomic mass is 16.1. The number of hydrogen-bond donors (Lipinski definition) is 0. The molecule has 1 nitrogen and oxygen atoms in total. The van der Waals surface area contributed by atoms with Crippen molar-refractivity contribution in [3.8, 4) is 0 Å². The van der Waals surface area contributed by atoms with E-state index in [1.54, 1.807) is 0 Å². The van der Waals surface area contributed by atoms with E-state index in [0.717, 1.165) is 30.6 Å². The summed E-state index contributed by atoms with van der Waals surface area (Å²) in [6.07, 6.45) is 9.47. The molecule has 0 aliphatic carbocycles. The van der Waals surface area contributed by atoms with E-state index >= 15 is 0 Å². The second-order valence-corrected chi connectivity index (χ2v) is 4.48. The van der Waals surface area contributed by atoms with Gasteiger partial charge in [0.1, 0.15) is 6.29 Å². The maximum absolute atomic E-state index is 10.2. The Morgan fingerprint density at radius 1 is 1.14 bits per heavy atom. The molecule has 0 rings (SSSR count). The van der Waals surface area contributed by atoms with Gasteiger partial charge in [-0.2, -0.15) is 0 Å². The number of hydrogen-bond acceptors (Lipinski definition) is 1. The zero-order chi connectivity index (χ0) is 10.8. The smallest absolute Gasteiger partial charge is 0.145 e. The molecule has 0 radical (unpaired) electrons. The largest absolute Gasteiger partial charge is 0.298 e. The van der Waals surface area contributed by atoms with E-state index in [0.29, 0.717) is 0 Å². The van der Waals surface area contributed by atoms with Gasteiger partial charge in [-0.25, -0.2) is 0 Å². The number of aldehydes is 1. The molecule has 0 N–H and O–H groups in total. The fourth-order valence-corrected chi connectivity index (χ4v) is 1.49. The summed E-state index contributed by atoms with van der Waals surface area (Å²) in [7, 11) is 0. The van der Waals surface area contributed by atoms with Gasteiger partial charge in [-0.3, -0.25) is 4.79 Å². The highest BCUT2D eigenvalue weighted by molar-refractivity contribution is 5.71. The Hall–Kier alpha value is -0.590. The second-order valence-electron chi connectivity index (χ2n) is 4.48. The fourth-order valence-electron chi connectivity index (χ4n) is 1.49. The van der Waals surface area contributed by atoms with E-state index in [9.17, 15) is 4.79 Å². The summed E-state index contributed by atoms with van der Waals surface area (Å²) < 4.78 is 0. The molecular formula is C13H24O. The van der Waals surface area contributed by atoms with Gasteiger partial charge in [0.25, 0.3) is 0 Å². The Labute approximate surface area is 88.6 Å². The van der Waals surface area contributed by atoms with Crippen molar-refractivity contribution in [3.63, 3.8) is 0 Å². The molecule has 0 fully saturated rings. The van der Waals surface area contributed by atoms with Crippen LogP contribution in [-0.2, 0) is 4.79 Å². The quantitative estimate of drug-likeness (QED) is 0.308. The summed E-state index contributed by atoms with van der Waals surface area (Å²) >= 11 is 0. The van der Waals surface area contributed by atoms with Crippen molar-refractivity contribution in [2.24, 2.45) is 5.92 Å². The Morgan fingerprint density at radius 2 is 1.71 bits per heavy atom. The first-order valence-electron chi connectivity index (χ1n) is 5.79. The van der Waals surface area contributed by atoms with Crippen molar-refractivity contribution in [3.05, 3.63) is 12.2 Å². The fraction of sp³-hybridized carbons (Fsp3) is 0.769. The molecule has 0 aromatic carbocycles. The van der Waals surface area contributed by atoms with E-state index in [1.807, 2.05) is 0 Å². The first-order chi connectivity index (χ1) is 6.66. The first-order valence-corrected chi connectivity index (χ1v) is 5.79. The molecule has 0 unspecified atom stereocenters. The van der Waals surface area contributed by atoms with Crippen molar-refractivity contribution in [1.29, 1.82) is 0 Å². The van der Waals surface area contributed by atoms with Gasteiger partial charge >= 0.3 is 0 Å². The average molecular weight is 196 g/mol. The van der Waals surface area contributed by atoms with Crippen LogP contribution >= 0.6 is 0 Å². The molecule has 0 aromatic rings. The third-order valence-electron chi connectivity index (χ3n) is 2.45. The monoisotopic (exact) mass is 196 g/mol. The maximum Gasteiger partial charge on any atom is 0.145 e. The minimum atomic E-state index is 0.743. The summed E-state index contributed by atoms with van der Waals surface area (Å²) in [5, 5.41) is 0. The molecule has 0 atom stereocenters. The minimum Gasteiger partial charge on any atom is -0.298 e. The molecule has 0 aromatic heterocycles. The van der Waals surface area contributed by atoms with Crippen LogP contribution in [-0.4, -0.2) is 6.29 Å². The molecule has 82 valence electrons. The van der Waals surface area contributed by atoms with Crippen LogP contribution in [0.5, 0.6) is 0 Å². The van der Waals surface area contributed by atoms with Crippen LogP contribution in [0.3, 0.4) is 0 Å². The van der Waals surface area contributed by atoms with E-state index < -0.39 is 0 Å². The lowest BCUT2D eigenvalue weighted by atomic mass is 10.0. The Kier molecular flexibility index (Phi) is 8.61. The van der Waals surface area contributed by atoms with Crippen molar-refractivity contribution >= 4 is 6.29 Å². The summed E-state index contributed by atoms with van der Waals surface area (Å²) in [4.78, 5) is 10.2. The highest BCUT2D eigenvalue weighted by Crippen LogP contribution is 2.12. The zero-order valence-corrected chi connectivity index (χ0v) is 9.72. The molecule has 14 heavy (non-hydrogen) atoms. The summed E-state index contributed by atoms with van der Waals surface area (Å²) in [6.45, 7) is 8.21. The number of allylic oxidation sites excluding steroid dienone is 1. The van der Waals surface area contributed by atoms with Crippen molar-refractivity contribution in [1.82, 2.24) is 0 Å². The van der Waals surface area contributed by atoms with Crippen molar-refractivity contribution in [2.45, 2.75) is 58.8 Å². The van der Waals surface area contributed by atoms with Gasteiger partial charge in [-0.05, 0) is 24.3 Å². The van der Waals surface area contributed by atoms with E-state index in [4.69, 9.17) is 0 Å². The summed E-state index contributed by atoms with van der Waals surface area (Å²) in [5.41, 5.74) is 0.743. The molecule has 0 heterocycles. The number of unbranched alkanes of at least 4 members (excludes halogenated alkanes) is 4. The normalized spacial score (nSPS) is 10.5. The van der Waals surface area contributed by atoms with Gasteiger partial charge in [0.2, 0.25) is 0 Å². The standard InChI is InChI=1S/C13H24O/c1-12(2)9-7-5-4-6-8-10-13(3)11-14/h11-12H,3-10H2,1-2H3. The molecule has 0 bridgehead atoms. The molecular weight excluding hydrogens is 172 g/mol. The number of carbonyl (C=O) groups excluding carboxylic acids is 1. The molecule has 0 aliphatic heterocycles. The summed E-state index contributed by atoms with van der Waals surface area (Å²) in [5.74, 6) is 0.838. The number of rotatable bonds is 9. The van der Waals surface area contributed by atoms with E-state index in [-0.39, 0.29) is 0 Å². The summed E-state index contributed by atoms with van der Waals surface area (Å²) in [6, 6.07) is 0. The molecule has 0 spiro atoms. The third-order valence-corrected chi connectivity index (χ3v) is 2.45. The average Bonchev–Trinajstić information content (AvgIpc) is 2.15. The lowest BCUT2D eigenvalue weighted by Crippen LogP contribution is -1.88. The van der Waals surface area contributed by atoms with Gasteiger partial charge in [-0.15, -0.1) is 0 Å². The van der Waals surface area contributed by atoms with Crippen LogP contribution < -0.4 is 0 Å². The van der Waals surface area contributed by atoms with Crippen molar-refractivity contribution in [2.75, 3.05) is 0 Å². The zero-order valence-electron chi connectivity index (χ0n) is 9.72. The van der Waals surface area contributed by atoms with Crippen LogP contribution in [0.25, 0.3) is 0 Å². The van der Waals surface area contributed by atoms with Crippen molar-refractivity contribution < 1.29 is 4.79 Å².